The van der Waals surface area contributed by atoms with E-state index < -0.39 is 0 Å². The number of hydrogen-bond acceptors (Lipinski definition) is 4. The van der Waals surface area contributed by atoms with Crippen molar-refractivity contribution in [3.8, 4) is 0 Å². The molecule has 2 aromatic rings. The fourth-order valence-corrected chi connectivity index (χ4v) is 2.92. The molecule has 1 aliphatic heterocycles. The lowest BCUT2D eigenvalue weighted by molar-refractivity contribution is 0.145. The molecule has 3 rings (SSSR count). The quantitative estimate of drug-likeness (QED) is 0.908. The number of rotatable bonds is 4. The van der Waals surface area contributed by atoms with Crippen LogP contribution in [0.15, 0.2) is 42.6 Å². The number of nitrogens with zero attached hydrogens (tertiary/aromatic N) is 2. The fraction of sp³-hybridized carbons (Fsp3) is 0.353. The molecule has 1 aromatic carbocycles. The van der Waals surface area contributed by atoms with Crippen molar-refractivity contribution in [1.29, 1.82) is 0 Å². The molecule has 116 valence electrons. The predicted molar refractivity (Wildman–Crippen MR) is 90.5 cm³/mol. The Hall–Kier alpha value is -1.78. The van der Waals surface area contributed by atoms with Crippen molar-refractivity contribution in [1.82, 2.24) is 4.98 Å². The van der Waals surface area contributed by atoms with Gasteiger partial charge >= 0.3 is 0 Å². The van der Waals surface area contributed by atoms with Gasteiger partial charge in [-0.25, -0.2) is 4.98 Å². The Bertz CT molecular complexity index is 627. The molecule has 0 bridgehead atoms. The summed E-state index contributed by atoms with van der Waals surface area (Å²) in [5.41, 5.74) is 2.15. The van der Waals surface area contributed by atoms with E-state index in [0.717, 1.165) is 48.0 Å². The van der Waals surface area contributed by atoms with Crippen molar-refractivity contribution in [3.05, 3.63) is 53.2 Å². The maximum Gasteiger partial charge on any atom is 0.151 e. The Kier molecular flexibility index (Phi) is 4.80. The first-order valence-electron chi connectivity index (χ1n) is 7.59. The van der Waals surface area contributed by atoms with Crippen LogP contribution in [0.1, 0.15) is 18.4 Å². The third-order valence-corrected chi connectivity index (χ3v) is 4.16. The van der Waals surface area contributed by atoms with E-state index in [2.05, 4.69) is 15.2 Å². The van der Waals surface area contributed by atoms with Crippen molar-refractivity contribution >= 4 is 23.1 Å². The van der Waals surface area contributed by atoms with Gasteiger partial charge < -0.3 is 15.3 Å². The van der Waals surface area contributed by atoms with E-state index in [1.54, 1.807) is 0 Å². The average Bonchev–Trinajstić information content (AvgIpc) is 2.54. The largest absolute Gasteiger partial charge is 0.393 e. The second-order valence-corrected chi connectivity index (χ2v) is 6.01. The van der Waals surface area contributed by atoms with E-state index in [-0.39, 0.29) is 6.10 Å². The van der Waals surface area contributed by atoms with E-state index in [1.165, 1.54) is 0 Å². The summed E-state index contributed by atoms with van der Waals surface area (Å²) < 4.78 is 0. The van der Waals surface area contributed by atoms with Gasteiger partial charge in [-0.3, -0.25) is 0 Å². The van der Waals surface area contributed by atoms with Crippen LogP contribution in [0.25, 0.3) is 0 Å². The molecular weight excluding hydrogens is 298 g/mol. The maximum atomic E-state index is 9.65. The molecule has 0 spiro atoms. The third kappa shape index (κ3) is 3.70. The summed E-state index contributed by atoms with van der Waals surface area (Å²) in [4.78, 5) is 6.74. The molecule has 0 amide bonds. The first kappa shape index (κ1) is 15.1. The Morgan fingerprint density at radius 1 is 1.23 bits per heavy atom. The number of aliphatic hydroxyl groups is 1. The number of anilines is 2. The van der Waals surface area contributed by atoms with E-state index in [1.807, 2.05) is 42.6 Å². The van der Waals surface area contributed by atoms with Crippen LogP contribution in [0.4, 0.5) is 11.5 Å². The number of benzene rings is 1. The van der Waals surface area contributed by atoms with Crippen molar-refractivity contribution < 1.29 is 5.11 Å². The molecule has 2 N–H and O–H groups in total. The summed E-state index contributed by atoms with van der Waals surface area (Å²) in [5.74, 6) is 0.955. The number of aromatic nitrogens is 1. The van der Waals surface area contributed by atoms with Gasteiger partial charge in [-0.2, -0.15) is 0 Å². The molecule has 5 heteroatoms. The molecule has 0 saturated carbocycles. The molecule has 22 heavy (non-hydrogen) atoms. The van der Waals surface area contributed by atoms with Gasteiger partial charge in [0, 0.05) is 30.9 Å². The van der Waals surface area contributed by atoms with Crippen molar-refractivity contribution in [2.24, 2.45) is 0 Å². The zero-order valence-corrected chi connectivity index (χ0v) is 13.1. The van der Waals surface area contributed by atoms with Crippen molar-refractivity contribution in [2.45, 2.75) is 25.5 Å². The van der Waals surface area contributed by atoms with E-state index in [0.29, 0.717) is 6.54 Å². The van der Waals surface area contributed by atoms with Gasteiger partial charge in [-0.1, -0.05) is 23.7 Å². The second kappa shape index (κ2) is 6.99. The standard InChI is InChI=1S/C17H20ClN3O/c18-14-4-1-3-13(11-14)12-20-16-5-2-8-19-17(16)21-9-6-15(22)7-10-21/h1-5,8,11,15,20,22H,6-7,9-10,12H2. The molecule has 1 fully saturated rings. The smallest absolute Gasteiger partial charge is 0.151 e. The third-order valence-electron chi connectivity index (χ3n) is 3.92. The minimum Gasteiger partial charge on any atom is -0.393 e. The average molecular weight is 318 g/mol. The van der Waals surface area contributed by atoms with Crippen LogP contribution in [0.5, 0.6) is 0 Å². The van der Waals surface area contributed by atoms with Gasteiger partial charge in [0.25, 0.3) is 0 Å². The summed E-state index contributed by atoms with van der Waals surface area (Å²) in [7, 11) is 0. The molecule has 0 radical (unpaired) electrons. The number of halogens is 1. The highest BCUT2D eigenvalue weighted by atomic mass is 35.5. The van der Waals surface area contributed by atoms with Crippen LogP contribution in [0, 0.1) is 0 Å². The summed E-state index contributed by atoms with van der Waals surface area (Å²) in [6, 6.07) is 11.8. The monoisotopic (exact) mass is 317 g/mol. The number of nitrogens with one attached hydrogen (secondary N) is 1. The van der Waals surface area contributed by atoms with Gasteiger partial charge in [0.2, 0.25) is 0 Å². The van der Waals surface area contributed by atoms with E-state index in [9.17, 15) is 5.11 Å². The Morgan fingerprint density at radius 2 is 2.05 bits per heavy atom. The van der Waals surface area contributed by atoms with Crippen molar-refractivity contribution in [3.63, 3.8) is 0 Å². The molecule has 4 nitrogen and oxygen atoms in total. The lowest BCUT2D eigenvalue weighted by Gasteiger charge is -2.31. The molecule has 0 atom stereocenters. The zero-order chi connectivity index (χ0) is 15.4. The molecule has 0 unspecified atom stereocenters. The number of pyridine rings is 1. The van der Waals surface area contributed by atoms with Gasteiger partial charge in [0.1, 0.15) is 0 Å². The minimum absolute atomic E-state index is 0.178. The molecule has 1 aliphatic rings. The minimum atomic E-state index is -0.178. The van der Waals surface area contributed by atoms with Crippen LogP contribution in [0.2, 0.25) is 5.02 Å². The normalized spacial score (nSPS) is 15.8. The number of hydrogen-bond donors (Lipinski definition) is 2. The van der Waals surface area contributed by atoms with E-state index in [4.69, 9.17) is 11.6 Å². The lowest BCUT2D eigenvalue weighted by atomic mass is 10.1. The van der Waals surface area contributed by atoms with Crippen LogP contribution < -0.4 is 10.2 Å². The van der Waals surface area contributed by atoms with E-state index >= 15 is 0 Å². The summed E-state index contributed by atoms with van der Waals surface area (Å²) >= 11 is 6.02. The SMILES string of the molecule is OC1CCN(c2ncccc2NCc2cccc(Cl)c2)CC1. The Balaban J connectivity index is 1.71. The summed E-state index contributed by atoms with van der Waals surface area (Å²) in [6.07, 6.45) is 3.22. The topological polar surface area (TPSA) is 48.4 Å². The van der Waals surface area contributed by atoms with Crippen LogP contribution in [0.3, 0.4) is 0 Å². The lowest BCUT2D eigenvalue weighted by Crippen LogP contribution is -2.36. The molecular formula is C17H20ClN3O. The van der Waals surface area contributed by atoms with Crippen LogP contribution in [-0.2, 0) is 6.54 Å². The molecule has 1 aromatic heterocycles. The Labute approximate surface area is 135 Å². The van der Waals surface area contributed by atoms with Gasteiger partial charge in [0.05, 0.1) is 11.8 Å². The highest BCUT2D eigenvalue weighted by molar-refractivity contribution is 6.30. The highest BCUT2D eigenvalue weighted by Crippen LogP contribution is 2.26. The number of piperidine rings is 1. The fourth-order valence-electron chi connectivity index (χ4n) is 2.71. The number of aliphatic hydroxyl groups excluding tert-OH is 1. The van der Waals surface area contributed by atoms with Crippen LogP contribution >= 0.6 is 11.6 Å². The molecule has 2 heterocycles. The predicted octanol–water partition coefficient (Wildman–Crippen LogP) is 3.31. The first-order valence-corrected chi connectivity index (χ1v) is 7.96. The first-order chi connectivity index (χ1) is 10.7. The van der Waals surface area contributed by atoms with Crippen molar-refractivity contribution in [2.75, 3.05) is 23.3 Å². The summed E-state index contributed by atoms with van der Waals surface area (Å²) in [6.45, 7) is 2.38. The molecule has 1 saturated heterocycles. The highest BCUT2D eigenvalue weighted by Gasteiger charge is 2.20. The van der Waals surface area contributed by atoms with Crippen LogP contribution in [-0.4, -0.2) is 29.3 Å². The maximum absolute atomic E-state index is 9.65. The summed E-state index contributed by atoms with van der Waals surface area (Å²) in [5, 5.41) is 13.8. The van der Waals surface area contributed by atoms with Gasteiger partial charge in [-0.05, 0) is 42.7 Å². The van der Waals surface area contributed by atoms with Gasteiger partial charge in [-0.15, -0.1) is 0 Å². The zero-order valence-electron chi connectivity index (χ0n) is 12.4. The van der Waals surface area contributed by atoms with Gasteiger partial charge in [0.15, 0.2) is 5.82 Å². The Morgan fingerprint density at radius 3 is 2.82 bits per heavy atom. The second-order valence-electron chi connectivity index (χ2n) is 5.58. The molecule has 0 aliphatic carbocycles.